The second-order valence-corrected chi connectivity index (χ2v) is 5.89. The first-order valence-electron chi connectivity index (χ1n) is 7.26. The number of aryl methyl sites for hydroxylation is 1. The zero-order valence-electron chi connectivity index (χ0n) is 11.9. The van der Waals surface area contributed by atoms with Gasteiger partial charge < -0.3 is 5.32 Å². The lowest BCUT2D eigenvalue weighted by molar-refractivity contribution is 0.414. The summed E-state index contributed by atoms with van der Waals surface area (Å²) in [4.78, 5) is 4.58. The topological polar surface area (TPSA) is 24.9 Å². The second-order valence-electron chi connectivity index (χ2n) is 5.49. The van der Waals surface area contributed by atoms with E-state index in [0.29, 0.717) is 0 Å². The Morgan fingerprint density at radius 3 is 3.00 bits per heavy atom. The summed E-state index contributed by atoms with van der Waals surface area (Å²) in [5.41, 5.74) is 3.37. The van der Waals surface area contributed by atoms with Crippen LogP contribution in [-0.2, 0) is 6.42 Å². The highest BCUT2D eigenvalue weighted by Gasteiger charge is 2.29. The molecule has 110 valence electrons. The van der Waals surface area contributed by atoms with Crippen molar-refractivity contribution < 1.29 is 4.39 Å². The number of halogens is 2. The second kappa shape index (κ2) is 6.12. The van der Waals surface area contributed by atoms with Gasteiger partial charge in [0.2, 0.25) is 0 Å². The number of hydrogen-bond donors (Lipinski definition) is 1. The van der Waals surface area contributed by atoms with Crippen LogP contribution in [0, 0.1) is 5.82 Å². The molecule has 2 nitrogen and oxygen atoms in total. The van der Waals surface area contributed by atoms with Crippen LogP contribution in [0.4, 0.5) is 4.39 Å². The molecule has 0 saturated heterocycles. The molecule has 0 amide bonds. The van der Waals surface area contributed by atoms with Crippen LogP contribution in [0.1, 0.15) is 41.6 Å². The number of hydrogen-bond acceptors (Lipinski definition) is 2. The smallest absolute Gasteiger partial charge is 0.142 e. The Hall–Kier alpha value is -1.45. The average Bonchev–Trinajstić information content (AvgIpc) is 2.52. The van der Waals surface area contributed by atoms with Crippen LogP contribution in [0.15, 0.2) is 36.5 Å². The fraction of sp³-hybridized carbons (Fsp3) is 0.353. The van der Waals surface area contributed by atoms with Gasteiger partial charge in [0.1, 0.15) is 5.82 Å². The predicted molar refractivity (Wildman–Crippen MR) is 83.1 cm³/mol. The summed E-state index contributed by atoms with van der Waals surface area (Å²) in [5, 5.41) is 3.49. The van der Waals surface area contributed by atoms with Crippen molar-refractivity contribution in [3.63, 3.8) is 0 Å². The van der Waals surface area contributed by atoms with E-state index in [0.717, 1.165) is 30.5 Å². The van der Waals surface area contributed by atoms with Crippen LogP contribution >= 0.6 is 11.6 Å². The van der Waals surface area contributed by atoms with Gasteiger partial charge in [0.05, 0.1) is 5.02 Å². The number of nitrogens with one attached hydrogen (secondary N) is 1. The third-order valence-electron chi connectivity index (χ3n) is 4.25. The highest BCUT2D eigenvalue weighted by Crippen LogP contribution is 2.39. The highest BCUT2D eigenvalue weighted by molar-refractivity contribution is 6.30. The van der Waals surface area contributed by atoms with E-state index in [1.165, 1.54) is 11.6 Å². The molecule has 2 unspecified atom stereocenters. The monoisotopic (exact) mass is 304 g/mol. The first-order chi connectivity index (χ1) is 10.2. The summed E-state index contributed by atoms with van der Waals surface area (Å²) < 4.78 is 13.8. The molecule has 1 aromatic carbocycles. The van der Waals surface area contributed by atoms with Crippen molar-refractivity contribution >= 4 is 11.6 Å². The van der Waals surface area contributed by atoms with Crippen LogP contribution in [0.3, 0.4) is 0 Å². The van der Waals surface area contributed by atoms with Crippen molar-refractivity contribution in [2.75, 3.05) is 7.05 Å². The van der Waals surface area contributed by atoms with Crippen molar-refractivity contribution in [2.45, 2.75) is 31.2 Å². The average molecular weight is 305 g/mol. The minimum absolute atomic E-state index is 0.0470. The van der Waals surface area contributed by atoms with Crippen molar-refractivity contribution in [3.8, 4) is 0 Å². The van der Waals surface area contributed by atoms with Gasteiger partial charge in [-0.3, -0.25) is 4.98 Å². The molecule has 4 heteroatoms. The van der Waals surface area contributed by atoms with E-state index < -0.39 is 0 Å². The molecule has 1 heterocycles. The SMILES string of the molecule is CNC(c1ccc(Cl)c(F)c1)C1CCCc2cccnc21. The maximum Gasteiger partial charge on any atom is 0.142 e. The van der Waals surface area contributed by atoms with Gasteiger partial charge in [-0.25, -0.2) is 4.39 Å². The van der Waals surface area contributed by atoms with Crippen LogP contribution < -0.4 is 5.32 Å². The highest BCUT2D eigenvalue weighted by atomic mass is 35.5. The first kappa shape index (κ1) is 14.5. The number of benzene rings is 1. The minimum Gasteiger partial charge on any atom is -0.312 e. The van der Waals surface area contributed by atoms with Gasteiger partial charge in [0.15, 0.2) is 0 Å². The van der Waals surface area contributed by atoms with E-state index in [-0.39, 0.29) is 22.8 Å². The van der Waals surface area contributed by atoms with Crippen LogP contribution in [0.25, 0.3) is 0 Å². The van der Waals surface area contributed by atoms with Crippen molar-refractivity contribution in [2.24, 2.45) is 0 Å². The maximum absolute atomic E-state index is 13.8. The van der Waals surface area contributed by atoms with Gasteiger partial charge in [0, 0.05) is 23.9 Å². The third kappa shape index (κ3) is 2.81. The molecule has 0 spiro atoms. The molecular formula is C17H18ClFN2. The molecule has 0 radical (unpaired) electrons. The summed E-state index contributed by atoms with van der Waals surface area (Å²) in [6.45, 7) is 0. The molecule has 3 rings (SSSR count). The number of likely N-dealkylation sites (N-methyl/N-ethyl adjacent to an activating group) is 1. The van der Waals surface area contributed by atoms with E-state index in [4.69, 9.17) is 11.6 Å². The lowest BCUT2D eigenvalue weighted by Gasteiger charge is -2.31. The molecular weight excluding hydrogens is 287 g/mol. The standard InChI is InChI=1S/C17H18ClFN2/c1-20-16(12-7-8-14(18)15(19)10-12)13-6-2-4-11-5-3-9-21-17(11)13/h3,5,7-10,13,16,20H,2,4,6H2,1H3. The summed E-state index contributed by atoms with van der Waals surface area (Å²) in [6.07, 6.45) is 5.11. The number of nitrogens with zero attached hydrogens (tertiary/aromatic N) is 1. The van der Waals surface area contributed by atoms with E-state index in [1.54, 1.807) is 6.07 Å². The van der Waals surface area contributed by atoms with Gasteiger partial charge in [0.25, 0.3) is 0 Å². The molecule has 0 bridgehead atoms. The molecule has 1 aliphatic rings. The number of pyridine rings is 1. The molecule has 1 aromatic heterocycles. The molecule has 0 fully saturated rings. The summed E-state index contributed by atoms with van der Waals surface area (Å²) in [6, 6.07) is 9.22. The Labute approximate surface area is 129 Å². The van der Waals surface area contributed by atoms with Crippen LogP contribution in [0.5, 0.6) is 0 Å². The fourth-order valence-electron chi connectivity index (χ4n) is 3.28. The van der Waals surface area contributed by atoms with Crippen LogP contribution in [0.2, 0.25) is 5.02 Å². The van der Waals surface area contributed by atoms with E-state index in [1.807, 2.05) is 25.4 Å². The van der Waals surface area contributed by atoms with Crippen molar-refractivity contribution in [1.82, 2.24) is 10.3 Å². The molecule has 2 atom stereocenters. The van der Waals surface area contributed by atoms with Gasteiger partial charge in [-0.15, -0.1) is 0 Å². The van der Waals surface area contributed by atoms with E-state index in [2.05, 4.69) is 16.4 Å². The quantitative estimate of drug-likeness (QED) is 0.916. The molecule has 0 aliphatic heterocycles. The van der Waals surface area contributed by atoms with Crippen molar-refractivity contribution in [3.05, 3.63) is 64.2 Å². The maximum atomic E-state index is 13.8. The Kier molecular flexibility index (Phi) is 4.22. The molecule has 1 N–H and O–H groups in total. The minimum atomic E-state index is -0.369. The zero-order chi connectivity index (χ0) is 14.8. The lowest BCUT2D eigenvalue weighted by Crippen LogP contribution is -2.27. The van der Waals surface area contributed by atoms with Gasteiger partial charge in [-0.05, 0) is 55.6 Å². The summed E-state index contributed by atoms with van der Waals surface area (Å²) in [5.74, 6) is -0.105. The molecule has 21 heavy (non-hydrogen) atoms. The van der Waals surface area contributed by atoms with Crippen LogP contribution in [-0.4, -0.2) is 12.0 Å². The predicted octanol–water partition coefficient (Wildman–Crippen LogP) is 4.25. The molecule has 1 aliphatic carbocycles. The zero-order valence-corrected chi connectivity index (χ0v) is 12.7. The number of rotatable bonds is 3. The molecule has 0 saturated carbocycles. The Morgan fingerprint density at radius 2 is 2.24 bits per heavy atom. The normalized spacial score (nSPS) is 19.1. The van der Waals surface area contributed by atoms with Gasteiger partial charge >= 0.3 is 0 Å². The van der Waals surface area contributed by atoms with Gasteiger partial charge in [-0.2, -0.15) is 0 Å². The Bertz CT molecular complexity index is 644. The fourth-order valence-corrected chi connectivity index (χ4v) is 3.39. The first-order valence-corrected chi connectivity index (χ1v) is 7.64. The lowest BCUT2D eigenvalue weighted by atomic mass is 9.79. The largest absolute Gasteiger partial charge is 0.312 e. The Morgan fingerprint density at radius 1 is 1.38 bits per heavy atom. The third-order valence-corrected chi connectivity index (χ3v) is 4.56. The molecule has 2 aromatic rings. The van der Waals surface area contributed by atoms with Gasteiger partial charge in [-0.1, -0.05) is 23.7 Å². The number of fused-ring (bicyclic) bond motifs is 1. The van der Waals surface area contributed by atoms with E-state index >= 15 is 0 Å². The number of aromatic nitrogens is 1. The Balaban J connectivity index is 1.99. The van der Waals surface area contributed by atoms with E-state index in [9.17, 15) is 4.39 Å². The summed E-state index contributed by atoms with van der Waals surface area (Å²) in [7, 11) is 1.91. The summed E-state index contributed by atoms with van der Waals surface area (Å²) >= 11 is 5.79. The van der Waals surface area contributed by atoms with Crippen molar-refractivity contribution in [1.29, 1.82) is 0 Å².